The van der Waals surface area contributed by atoms with Crippen molar-refractivity contribution in [1.82, 2.24) is 39.8 Å². The lowest BCUT2D eigenvalue weighted by molar-refractivity contribution is 0.0566. The normalized spacial score (nSPS) is 15.7. The molecule has 12 heteroatoms. The maximum atomic E-state index is 13.5. The third-order valence-electron chi connectivity index (χ3n) is 5.74. The number of nitrogens with one attached hydrogen (secondary N) is 1. The Morgan fingerprint density at radius 3 is 2.91 bits per heavy atom. The third-order valence-corrected chi connectivity index (χ3v) is 5.74. The first-order valence-electron chi connectivity index (χ1n) is 10.4. The molecule has 0 aliphatic carbocycles. The van der Waals surface area contributed by atoms with E-state index in [9.17, 15) is 13.6 Å². The van der Waals surface area contributed by atoms with Gasteiger partial charge < -0.3 is 14.3 Å². The molecule has 1 aromatic carbocycles. The third kappa shape index (κ3) is 3.31. The van der Waals surface area contributed by atoms with Crippen LogP contribution >= 0.6 is 0 Å². The number of amides is 1. The smallest absolute Gasteiger partial charge is 0.333 e. The number of halogens is 2. The highest BCUT2D eigenvalue weighted by Gasteiger charge is 2.37. The molecule has 0 bridgehead atoms. The Balaban J connectivity index is 1.37. The van der Waals surface area contributed by atoms with E-state index in [1.165, 1.54) is 6.20 Å². The number of hydrogen-bond donors (Lipinski definition) is 1. The highest BCUT2D eigenvalue weighted by atomic mass is 19.3. The fraction of sp³-hybridized carbons (Fsp3) is 0.182. The number of benzene rings is 1. The number of hydrogen-bond acceptors (Lipinski definition) is 7. The van der Waals surface area contributed by atoms with Gasteiger partial charge in [0.25, 0.3) is 5.89 Å². The van der Waals surface area contributed by atoms with Crippen LogP contribution in [0.15, 0.2) is 59.5 Å². The summed E-state index contributed by atoms with van der Waals surface area (Å²) in [6.07, 6.45) is 4.41. The van der Waals surface area contributed by atoms with Gasteiger partial charge >= 0.3 is 18.3 Å². The minimum absolute atomic E-state index is 0.0758. The van der Waals surface area contributed by atoms with Crippen LogP contribution in [0, 0.1) is 0 Å². The summed E-state index contributed by atoms with van der Waals surface area (Å²) in [4.78, 5) is 27.4. The van der Waals surface area contributed by atoms with Gasteiger partial charge in [-0.15, -0.1) is 10.2 Å². The van der Waals surface area contributed by atoms with Crippen molar-refractivity contribution in [2.75, 3.05) is 6.54 Å². The van der Waals surface area contributed by atoms with Crippen molar-refractivity contribution >= 4 is 16.8 Å². The van der Waals surface area contributed by atoms with Crippen molar-refractivity contribution in [3.8, 4) is 11.5 Å². The number of alkyl halides is 2. The number of carbonyl (C=O) groups excluding carboxylic acids is 1. The summed E-state index contributed by atoms with van der Waals surface area (Å²) in [5.74, 6) is -0.841. The second kappa shape index (κ2) is 7.83. The Bertz CT molecular complexity index is 1510. The Hall–Kier alpha value is -4.48. The van der Waals surface area contributed by atoms with Crippen molar-refractivity contribution < 1.29 is 18.0 Å². The largest absolute Gasteiger partial charge is 0.412 e. The topological polar surface area (TPSA) is 119 Å². The van der Waals surface area contributed by atoms with Gasteiger partial charge in [0.2, 0.25) is 0 Å². The summed E-state index contributed by atoms with van der Waals surface area (Å²) in [5.41, 5.74) is 3.26. The first-order valence-corrected chi connectivity index (χ1v) is 10.4. The van der Waals surface area contributed by atoms with Gasteiger partial charge in [-0.1, -0.05) is 24.3 Å². The molecule has 0 saturated heterocycles. The molecule has 1 atom stereocenters. The van der Waals surface area contributed by atoms with Crippen LogP contribution in [0.2, 0.25) is 0 Å². The van der Waals surface area contributed by atoms with Crippen molar-refractivity contribution in [3.05, 3.63) is 78.1 Å². The van der Waals surface area contributed by atoms with Crippen molar-refractivity contribution in [1.29, 1.82) is 0 Å². The summed E-state index contributed by atoms with van der Waals surface area (Å²) in [6.45, 7) is -2.43. The van der Waals surface area contributed by atoms with Gasteiger partial charge in [0.1, 0.15) is 6.04 Å². The molecule has 0 spiro atoms. The lowest BCUT2D eigenvalue weighted by Crippen LogP contribution is -2.41. The maximum absolute atomic E-state index is 13.5. The van der Waals surface area contributed by atoms with Gasteiger partial charge in [-0.25, -0.2) is 9.67 Å². The van der Waals surface area contributed by atoms with Gasteiger partial charge in [0.15, 0.2) is 0 Å². The fourth-order valence-electron chi connectivity index (χ4n) is 4.13. The summed E-state index contributed by atoms with van der Waals surface area (Å²) in [6, 6.07) is 11.0. The number of pyridine rings is 1. The van der Waals surface area contributed by atoms with Crippen LogP contribution in [0.1, 0.15) is 40.4 Å². The zero-order chi connectivity index (χ0) is 23.2. The number of nitrogens with zero attached hydrogens (tertiary/aromatic N) is 7. The molecule has 5 aromatic rings. The zero-order valence-electron chi connectivity index (χ0n) is 17.5. The molecule has 4 aromatic heterocycles. The van der Waals surface area contributed by atoms with Gasteiger partial charge in [-0.3, -0.25) is 9.78 Å². The number of aromatic nitrogens is 7. The fourth-order valence-corrected chi connectivity index (χ4v) is 4.13. The van der Waals surface area contributed by atoms with Gasteiger partial charge in [-0.05, 0) is 12.1 Å². The number of carbonyl (C=O) groups is 1. The van der Waals surface area contributed by atoms with E-state index in [0.29, 0.717) is 29.0 Å². The average molecular weight is 462 g/mol. The molecule has 170 valence electrons. The van der Waals surface area contributed by atoms with Crippen LogP contribution < -0.4 is 0 Å². The molecule has 5 heterocycles. The van der Waals surface area contributed by atoms with Gasteiger partial charge in [0.05, 0.1) is 35.0 Å². The van der Waals surface area contributed by atoms with Crippen LogP contribution in [0.25, 0.3) is 22.4 Å². The molecule has 0 fully saturated rings. The predicted octanol–water partition coefficient (Wildman–Crippen LogP) is 3.39. The number of imidazole rings is 1. The minimum Gasteiger partial charge on any atom is -0.412 e. The molecule has 0 saturated carbocycles. The number of para-hydroxylation sites is 1. The molecule has 1 aliphatic heterocycles. The molecule has 1 aliphatic rings. The molecular weight excluding hydrogens is 446 g/mol. The lowest BCUT2D eigenvalue weighted by atomic mass is 9.98. The SMILES string of the molecule is O=C(c1nnc(-c2cnn(C(F)F)c2)o1)N1CCc2[nH]cnc2[C@@H]1c1ccc2ccccc2n1. The number of aromatic amines is 1. The molecule has 1 amide bonds. The van der Waals surface area contributed by atoms with E-state index in [-0.39, 0.29) is 17.3 Å². The average Bonchev–Trinajstić information content (AvgIpc) is 3.62. The quantitative estimate of drug-likeness (QED) is 0.435. The Kier molecular flexibility index (Phi) is 4.64. The van der Waals surface area contributed by atoms with E-state index < -0.39 is 18.5 Å². The summed E-state index contributed by atoms with van der Waals surface area (Å²) in [5, 5.41) is 12.2. The number of H-pyrrole nitrogens is 1. The Morgan fingerprint density at radius 2 is 2.06 bits per heavy atom. The van der Waals surface area contributed by atoms with Crippen molar-refractivity contribution in [3.63, 3.8) is 0 Å². The van der Waals surface area contributed by atoms with Crippen LogP contribution in [0.3, 0.4) is 0 Å². The first-order chi connectivity index (χ1) is 16.6. The van der Waals surface area contributed by atoms with E-state index in [0.717, 1.165) is 22.8 Å². The Labute approximate surface area is 190 Å². The van der Waals surface area contributed by atoms with Gasteiger partial charge in [-0.2, -0.15) is 13.9 Å². The van der Waals surface area contributed by atoms with Crippen LogP contribution in [-0.4, -0.2) is 52.3 Å². The Morgan fingerprint density at radius 1 is 1.18 bits per heavy atom. The van der Waals surface area contributed by atoms with Crippen molar-refractivity contribution in [2.45, 2.75) is 19.0 Å². The van der Waals surface area contributed by atoms with Crippen LogP contribution in [-0.2, 0) is 6.42 Å². The standard InChI is InChI=1S/C22H16F2N8O2/c23-22(24)32-10-13(9-27-32)19-29-30-20(34-19)21(33)31-8-7-15-17(26-11-25-15)18(31)16-6-5-12-3-1-2-4-14(12)28-16/h1-6,9-11,18,22H,7-8H2,(H,25,26)/t18-/m0/s1. The van der Waals surface area contributed by atoms with Crippen molar-refractivity contribution in [2.24, 2.45) is 0 Å². The predicted molar refractivity (Wildman–Crippen MR) is 114 cm³/mol. The van der Waals surface area contributed by atoms with E-state index in [2.05, 4.69) is 25.3 Å². The van der Waals surface area contributed by atoms with E-state index in [1.54, 1.807) is 11.2 Å². The highest BCUT2D eigenvalue weighted by Crippen LogP contribution is 2.34. The second-order valence-corrected chi connectivity index (χ2v) is 7.75. The lowest BCUT2D eigenvalue weighted by Gasteiger charge is -2.33. The van der Waals surface area contributed by atoms with E-state index in [1.807, 2.05) is 36.4 Å². The minimum atomic E-state index is -2.80. The molecule has 1 N–H and O–H groups in total. The molecule has 6 rings (SSSR count). The second-order valence-electron chi connectivity index (χ2n) is 7.75. The van der Waals surface area contributed by atoms with Crippen LogP contribution in [0.5, 0.6) is 0 Å². The molecule has 10 nitrogen and oxygen atoms in total. The van der Waals surface area contributed by atoms with Gasteiger partial charge in [0, 0.05) is 30.2 Å². The zero-order valence-corrected chi connectivity index (χ0v) is 17.5. The number of rotatable bonds is 4. The van der Waals surface area contributed by atoms with Crippen LogP contribution in [0.4, 0.5) is 8.78 Å². The first kappa shape index (κ1) is 20.1. The molecule has 0 unspecified atom stereocenters. The highest BCUT2D eigenvalue weighted by molar-refractivity contribution is 5.90. The number of fused-ring (bicyclic) bond motifs is 2. The summed E-state index contributed by atoms with van der Waals surface area (Å²) >= 11 is 0. The molecule has 0 radical (unpaired) electrons. The molecular formula is C22H16F2N8O2. The van der Waals surface area contributed by atoms with E-state index in [4.69, 9.17) is 9.40 Å². The maximum Gasteiger partial charge on any atom is 0.333 e. The van der Waals surface area contributed by atoms with E-state index >= 15 is 0 Å². The summed E-state index contributed by atoms with van der Waals surface area (Å²) < 4.78 is 31.7. The monoisotopic (exact) mass is 462 g/mol. The molecule has 34 heavy (non-hydrogen) atoms. The summed E-state index contributed by atoms with van der Waals surface area (Å²) in [7, 11) is 0.